The van der Waals surface area contributed by atoms with E-state index in [0.29, 0.717) is 23.7 Å². The number of pyridine rings is 1. The van der Waals surface area contributed by atoms with Crippen molar-refractivity contribution >= 4 is 35.0 Å². The van der Waals surface area contributed by atoms with Crippen LogP contribution in [0.15, 0.2) is 66.9 Å². The molecule has 0 bridgehead atoms. The van der Waals surface area contributed by atoms with Crippen LogP contribution in [-0.2, 0) is 14.3 Å². The zero-order valence-corrected chi connectivity index (χ0v) is 19.1. The van der Waals surface area contributed by atoms with E-state index < -0.39 is 30.2 Å². The van der Waals surface area contributed by atoms with Crippen LogP contribution in [0, 0.1) is 5.82 Å². The van der Waals surface area contributed by atoms with Gasteiger partial charge < -0.3 is 25.4 Å². The van der Waals surface area contributed by atoms with Gasteiger partial charge in [0.25, 0.3) is 5.91 Å². The Morgan fingerprint density at radius 1 is 1.06 bits per heavy atom. The third kappa shape index (κ3) is 7.26. The van der Waals surface area contributed by atoms with Crippen LogP contribution in [0.5, 0.6) is 5.75 Å². The quantitative estimate of drug-likeness (QED) is 0.403. The second-order valence-electron chi connectivity index (χ2n) is 7.30. The van der Waals surface area contributed by atoms with Crippen LogP contribution < -0.4 is 20.7 Å². The zero-order chi connectivity index (χ0) is 25.2. The number of amides is 2. The van der Waals surface area contributed by atoms with Gasteiger partial charge >= 0.3 is 5.97 Å². The molecule has 3 aromatic rings. The molecule has 0 saturated carbocycles. The second kappa shape index (κ2) is 12.1. The highest BCUT2D eigenvalue weighted by molar-refractivity contribution is 5.99. The van der Waals surface area contributed by atoms with Gasteiger partial charge in [-0.1, -0.05) is 0 Å². The number of hydrogen-bond acceptors (Lipinski definition) is 7. The van der Waals surface area contributed by atoms with Crippen molar-refractivity contribution in [3.63, 3.8) is 0 Å². The molecule has 0 fully saturated rings. The van der Waals surface area contributed by atoms with E-state index in [2.05, 4.69) is 10.3 Å². The van der Waals surface area contributed by atoms with Crippen LogP contribution in [0.1, 0.15) is 23.7 Å². The van der Waals surface area contributed by atoms with Crippen LogP contribution in [0.3, 0.4) is 0 Å². The first kappa shape index (κ1) is 25.2. The fourth-order valence-corrected chi connectivity index (χ4v) is 3.13. The number of nitrogens with one attached hydrogen (secondary N) is 1. The maximum atomic E-state index is 13.3. The molecule has 0 radical (unpaired) electrons. The van der Waals surface area contributed by atoms with Gasteiger partial charge in [-0.15, -0.1) is 0 Å². The molecular formula is C25H25FN4O5. The van der Waals surface area contributed by atoms with Crippen molar-refractivity contribution in [1.29, 1.82) is 0 Å². The summed E-state index contributed by atoms with van der Waals surface area (Å²) >= 11 is 0. The number of nitrogens with two attached hydrogens (primary N) is 1. The summed E-state index contributed by atoms with van der Waals surface area (Å²) in [6.45, 7) is 1.78. The second-order valence-corrected chi connectivity index (χ2v) is 7.30. The third-order valence-corrected chi connectivity index (χ3v) is 4.80. The van der Waals surface area contributed by atoms with Gasteiger partial charge in [-0.2, -0.15) is 0 Å². The Kier molecular flexibility index (Phi) is 8.71. The molecule has 3 N–H and O–H groups in total. The lowest BCUT2D eigenvalue weighted by Crippen LogP contribution is -2.37. The predicted molar refractivity (Wildman–Crippen MR) is 128 cm³/mol. The minimum Gasteiger partial charge on any atom is -0.494 e. The largest absolute Gasteiger partial charge is 0.494 e. The highest BCUT2D eigenvalue weighted by Crippen LogP contribution is 2.22. The number of esters is 1. The number of ether oxygens (including phenoxy) is 2. The van der Waals surface area contributed by atoms with E-state index in [1.54, 1.807) is 30.3 Å². The molecule has 1 aromatic heterocycles. The average molecular weight is 480 g/mol. The number of rotatable bonds is 11. The van der Waals surface area contributed by atoms with Crippen LogP contribution >= 0.6 is 0 Å². The van der Waals surface area contributed by atoms with E-state index in [9.17, 15) is 18.8 Å². The summed E-state index contributed by atoms with van der Waals surface area (Å²) in [4.78, 5) is 42.2. The molecule has 0 atom stereocenters. The Bertz CT molecular complexity index is 1170. The average Bonchev–Trinajstić information content (AvgIpc) is 2.85. The Labute approximate surface area is 201 Å². The maximum Gasteiger partial charge on any atom is 0.342 e. The number of primary amides is 1. The lowest BCUT2D eigenvalue weighted by Gasteiger charge is -2.22. The van der Waals surface area contributed by atoms with Gasteiger partial charge in [-0.25, -0.2) is 14.2 Å². The van der Waals surface area contributed by atoms with Gasteiger partial charge in [0.05, 0.1) is 6.61 Å². The number of carbonyl (C=O) groups is 3. The SMILES string of the molecule is CCOc1ccc(Nc2ncccc2C(=O)OCC(=O)N(CCC(N)=O)c2ccc(F)cc2)cc1. The summed E-state index contributed by atoms with van der Waals surface area (Å²) in [5, 5.41) is 3.05. The van der Waals surface area contributed by atoms with E-state index in [-0.39, 0.29) is 24.3 Å². The fraction of sp³-hybridized carbons (Fsp3) is 0.200. The van der Waals surface area contributed by atoms with Crippen molar-refractivity contribution in [2.45, 2.75) is 13.3 Å². The number of benzene rings is 2. The molecule has 2 aromatic carbocycles. The standard InChI is InChI=1S/C25H25FN4O5/c1-2-34-20-11-7-18(8-12-20)29-24-21(4-3-14-28-24)25(33)35-16-23(32)30(15-13-22(27)31)19-9-5-17(26)6-10-19/h3-12,14H,2,13,15-16H2,1H3,(H2,27,31)(H,28,29). The lowest BCUT2D eigenvalue weighted by atomic mass is 10.2. The summed E-state index contributed by atoms with van der Waals surface area (Å²) in [6.07, 6.45) is 1.40. The normalized spacial score (nSPS) is 10.3. The summed E-state index contributed by atoms with van der Waals surface area (Å²) in [5.41, 5.74) is 6.34. The van der Waals surface area contributed by atoms with Crippen molar-refractivity contribution in [1.82, 2.24) is 4.98 Å². The molecule has 2 amide bonds. The Balaban J connectivity index is 1.69. The number of halogens is 1. The lowest BCUT2D eigenvalue weighted by molar-refractivity contribution is -0.121. The number of hydrogen-bond donors (Lipinski definition) is 2. The molecule has 1 heterocycles. The van der Waals surface area contributed by atoms with Gasteiger partial charge in [-0.3, -0.25) is 9.59 Å². The highest BCUT2D eigenvalue weighted by atomic mass is 19.1. The minimum absolute atomic E-state index is 0.0468. The van der Waals surface area contributed by atoms with Crippen molar-refractivity contribution in [3.8, 4) is 5.75 Å². The van der Waals surface area contributed by atoms with E-state index in [1.165, 1.54) is 41.4 Å². The maximum absolute atomic E-state index is 13.3. The molecular weight excluding hydrogens is 455 g/mol. The molecule has 182 valence electrons. The first-order chi connectivity index (χ1) is 16.9. The number of carbonyl (C=O) groups excluding carboxylic acids is 3. The van der Waals surface area contributed by atoms with Crippen LogP contribution in [0.25, 0.3) is 0 Å². The molecule has 0 aliphatic heterocycles. The van der Waals surface area contributed by atoms with Crippen LogP contribution in [0.2, 0.25) is 0 Å². The summed E-state index contributed by atoms with van der Waals surface area (Å²) < 4.78 is 23.9. The van der Waals surface area contributed by atoms with Gasteiger partial charge in [0.2, 0.25) is 5.91 Å². The molecule has 3 rings (SSSR count). The molecule has 0 unspecified atom stereocenters. The van der Waals surface area contributed by atoms with Crippen LogP contribution in [0.4, 0.5) is 21.6 Å². The molecule has 0 saturated heterocycles. The zero-order valence-electron chi connectivity index (χ0n) is 19.1. The summed E-state index contributed by atoms with van der Waals surface area (Å²) in [5.74, 6) is -1.50. The Morgan fingerprint density at radius 3 is 2.43 bits per heavy atom. The van der Waals surface area contributed by atoms with E-state index >= 15 is 0 Å². The van der Waals surface area contributed by atoms with Gasteiger partial charge in [-0.05, 0) is 67.6 Å². The smallest absolute Gasteiger partial charge is 0.342 e. The third-order valence-electron chi connectivity index (χ3n) is 4.80. The van der Waals surface area contributed by atoms with E-state index in [0.717, 1.165) is 0 Å². The van der Waals surface area contributed by atoms with Crippen molar-refractivity contribution in [2.75, 3.05) is 30.0 Å². The number of aromatic nitrogens is 1. The molecule has 0 aliphatic rings. The number of nitrogens with zero attached hydrogens (tertiary/aromatic N) is 2. The minimum atomic E-state index is -0.770. The molecule has 35 heavy (non-hydrogen) atoms. The highest BCUT2D eigenvalue weighted by Gasteiger charge is 2.21. The first-order valence-electron chi connectivity index (χ1n) is 10.8. The molecule has 9 nitrogen and oxygen atoms in total. The Morgan fingerprint density at radius 2 is 1.77 bits per heavy atom. The Hall–Kier alpha value is -4.47. The summed E-state index contributed by atoms with van der Waals surface area (Å²) in [7, 11) is 0. The molecule has 10 heteroatoms. The van der Waals surface area contributed by atoms with Crippen molar-refractivity contribution < 1.29 is 28.2 Å². The number of anilines is 3. The van der Waals surface area contributed by atoms with Crippen molar-refractivity contribution in [3.05, 3.63) is 78.2 Å². The fourth-order valence-electron chi connectivity index (χ4n) is 3.13. The molecule has 0 spiro atoms. The molecule has 0 aliphatic carbocycles. The van der Waals surface area contributed by atoms with Crippen molar-refractivity contribution in [2.24, 2.45) is 5.73 Å². The topological polar surface area (TPSA) is 124 Å². The van der Waals surface area contributed by atoms with Gasteiger partial charge in [0.15, 0.2) is 6.61 Å². The summed E-state index contributed by atoms with van der Waals surface area (Å²) in [6, 6.07) is 15.3. The monoisotopic (exact) mass is 480 g/mol. The first-order valence-corrected chi connectivity index (χ1v) is 10.8. The van der Waals surface area contributed by atoms with E-state index in [1.807, 2.05) is 6.92 Å². The van der Waals surface area contributed by atoms with E-state index in [4.69, 9.17) is 15.2 Å². The van der Waals surface area contributed by atoms with Gasteiger partial charge in [0.1, 0.15) is 22.9 Å². The van der Waals surface area contributed by atoms with Crippen LogP contribution in [-0.4, -0.2) is 42.5 Å². The van der Waals surface area contributed by atoms with Gasteiger partial charge in [0, 0.05) is 30.5 Å². The predicted octanol–water partition coefficient (Wildman–Crippen LogP) is 3.43.